The van der Waals surface area contributed by atoms with Gasteiger partial charge in [-0.15, -0.1) is 0 Å². The van der Waals surface area contributed by atoms with E-state index in [2.05, 4.69) is 11.4 Å². The van der Waals surface area contributed by atoms with E-state index >= 15 is 0 Å². The van der Waals surface area contributed by atoms with Crippen molar-refractivity contribution in [3.63, 3.8) is 0 Å². The van der Waals surface area contributed by atoms with Crippen LogP contribution in [0, 0.1) is 5.82 Å². The third-order valence-electron chi connectivity index (χ3n) is 3.90. The summed E-state index contributed by atoms with van der Waals surface area (Å²) in [6.45, 7) is 1.14. The van der Waals surface area contributed by atoms with E-state index in [1.54, 1.807) is 11.0 Å². The highest BCUT2D eigenvalue weighted by molar-refractivity contribution is 6.03. The Hall–Kier alpha value is -2.69. The summed E-state index contributed by atoms with van der Waals surface area (Å²) in [5, 5.41) is 2.55. The molecule has 1 aliphatic heterocycles. The molecule has 0 aromatic heterocycles. The van der Waals surface area contributed by atoms with Gasteiger partial charge in [-0.3, -0.25) is 9.59 Å². The van der Waals surface area contributed by atoms with Crippen LogP contribution in [-0.2, 0) is 22.6 Å². The summed E-state index contributed by atoms with van der Waals surface area (Å²) in [5.41, 5.74) is 2.73. The summed E-state index contributed by atoms with van der Waals surface area (Å²) in [7, 11) is 0. The normalized spacial score (nSPS) is 13.3. The van der Waals surface area contributed by atoms with Gasteiger partial charge in [0.2, 0.25) is 11.8 Å². The van der Waals surface area contributed by atoms with Crippen molar-refractivity contribution in [1.82, 2.24) is 4.90 Å². The second-order valence-electron chi connectivity index (χ2n) is 5.57. The summed E-state index contributed by atoms with van der Waals surface area (Å²) in [6, 6.07) is 13.6. The molecule has 2 amide bonds. The second-order valence-corrected chi connectivity index (χ2v) is 5.57. The van der Waals surface area contributed by atoms with Gasteiger partial charge >= 0.3 is 0 Å². The average Bonchev–Trinajstić information content (AvgIpc) is 2.54. The molecule has 0 fully saturated rings. The second kappa shape index (κ2) is 6.60. The lowest BCUT2D eigenvalue weighted by Crippen LogP contribution is -2.37. The van der Waals surface area contributed by atoms with E-state index in [1.807, 2.05) is 18.2 Å². The van der Waals surface area contributed by atoms with Crippen LogP contribution in [-0.4, -0.2) is 23.3 Å². The molecule has 0 spiro atoms. The predicted octanol–water partition coefficient (Wildman–Crippen LogP) is 2.74. The summed E-state index contributed by atoms with van der Waals surface area (Å²) in [4.78, 5) is 25.9. The van der Waals surface area contributed by atoms with Gasteiger partial charge in [0.25, 0.3) is 0 Å². The number of hydrogen-bond donors (Lipinski definition) is 1. The minimum atomic E-state index is -0.431. The number of nitrogens with zero attached hydrogens (tertiary/aromatic N) is 1. The Morgan fingerprint density at radius 2 is 1.87 bits per heavy atom. The molecule has 118 valence electrons. The van der Waals surface area contributed by atoms with Crippen molar-refractivity contribution >= 4 is 17.5 Å². The van der Waals surface area contributed by atoms with Gasteiger partial charge in [0, 0.05) is 18.8 Å². The van der Waals surface area contributed by atoms with Crippen LogP contribution in [0.25, 0.3) is 0 Å². The molecule has 0 saturated carbocycles. The van der Waals surface area contributed by atoms with Gasteiger partial charge in [-0.05, 0) is 35.7 Å². The fourth-order valence-electron chi connectivity index (χ4n) is 2.73. The molecule has 0 bridgehead atoms. The number of anilines is 1. The maximum atomic E-state index is 13.1. The van der Waals surface area contributed by atoms with Gasteiger partial charge in [0.05, 0.1) is 0 Å². The van der Waals surface area contributed by atoms with Crippen molar-refractivity contribution in [1.29, 1.82) is 0 Å². The van der Waals surface area contributed by atoms with Gasteiger partial charge < -0.3 is 10.2 Å². The molecule has 1 aliphatic rings. The highest BCUT2D eigenvalue weighted by Crippen LogP contribution is 2.19. The highest BCUT2D eigenvalue weighted by atomic mass is 19.1. The van der Waals surface area contributed by atoms with Gasteiger partial charge in [-0.1, -0.05) is 30.3 Å². The molecule has 0 atom stereocenters. The fourth-order valence-corrected chi connectivity index (χ4v) is 2.73. The monoisotopic (exact) mass is 312 g/mol. The van der Waals surface area contributed by atoms with E-state index in [4.69, 9.17) is 0 Å². The van der Waals surface area contributed by atoms with Crippen LogP contribution in [0.1, 0.15) is 17.5 Å². The van der Waals surface area contributed by atoms with Crippen LogP contribution >= 0.6 is 0 Å². The van der Waals surface area contributed by atoms with Gasteiger partial charge in [-0.25, -0.2) is 4.39 Å². The predicted molar refractivity (Wildman–Crippen MR) is 85.2 cm³/mol. The van der Waals surface area contributed by atoms with Crippen molar-refractivity contribution in [3.05, 3.63) is 65.5 Å². The van der Waals surface area contributed by atoms with E-state index in [0.717, 1.165) is 12.0 Å². The maximum Gasteiger partial charge on any atom is 0.233 e. The van der Waals surface area contributed by atoms with Crippen molar-refractivity contribution in [2.75, 3.05) is 11.9 Å². The number of hydrogen-bond acceptors (Lipinski definition) is 2. The fraction of sp³-hybridized carbons (Fsp3) is 0.222. The molecular weight excluding hydrogens is 295 g/mol. The van der Waals surface area contributed by atoms with Crippen LogP contribution in [0.2, 0.25) is 0 Å². The number of fused-ring (bicyclic) bond motifs is 1. The summed E-state index contributed by atoms with van der Waals surface area (Å²) in [5.74, 6) is -1.07. The first-order valence-electron chi connectivity index (χ1n) is 7.52. The number of nitrogens with one attached hydrogen (secondary N) is 1. The number of carbonyl (C=O) groups excluding carboxylic acids is 2. The zero-order chi connectivity index (χ0) is 16.2. The number of rotatable bonds is 3. The zero-order valence-electron chi connectivity index (χ0n) is 12.6. The van der Waals surface area contributed by atoms with Crippen LogP contribution in [0.3, 0.4) is 0 Å². The largest absolute Gasteiger partial charge is 0.338 e. The van der Waals surface area contributed by atoms with Crippen LogP contribution in [0.5, 0.6) is 0 Å². The molecule has 4 nitrogen and oxygen atoms in total. The lowest BCUT2D eigenvalue weighted by molar-refractivity contribution is -0.135. The van der Waals surface area contributed by atoms with E-state index in [0.29, 0.717) is 18.8 Å². The molecule has 0 aliphatic carbocycles. The molecule has 1 N–H and O–H groups in total. The molecule has 2 aromatic carbocycles. The van der Waals surface area contributed by atoms with Gasteiger partial charge in [0.1, 0.15) is 12.2 Å². The molecule has 23 heavy (non-hydrogen) atoms. The van der Waals surface area contributed by atoms with Gasteiger partial charge in [0.15, 0.2) is 0 Å². The van der Waals surface area contributed by atoms with E-state index in [-0.39, 0.29) is 12.3 Å². The van der Waals surface area contributed by atoms with Crippen LogP contribution in [0.15, 0.2) is 48.5 Å². The van der Waals surface area contributed by atoms with E-state index in [1.165, 1.54) is 23.8 Å². The third-order valence-corrected chi connectivity index (χ3v) is 3.90. The first-order chi connectivity index (χ1) is 11.1. The summed E-state index contributed by atoms with van der Waals surface area (Å²) >= 11 is 0. The van der Waals surface area contributed by atoms with Crippen molar-refractivity contribution in [3.8, 4) is 0 Å². The molecule has 0 unspecified atom stereocenters. The van der Waals surface area contributed by atoms with Crippen LogP contribution in [0.4, 0.5) is 10.1 Å². The molecule has 5 heteroatoms. The number of amides is 2. The topological polar surface area (TPSA) is 49.4 Å². The zero-order valence-corrected chi connectivity index (χ0v) is 12.6. The maximum absolute atomic E-state index is 13.1. The lowest BCUT2D eigenvalue weighted by atomic mass is 10.00. The minimum Gasteiger partial charge on any atom is -0.338 e. The number of carbonyl (C=O) groups is 2. The molecule has 0 saturated heterocycles. The molecule has 3 rings (SSSR count). The Bertz CT molecular complexity index is 745. The third kappa shape index (κ3) is 3.74. The van der Waals surface area contributed by atoms with E-state index in [9.17, 15) is 14.0 Å². The quantitative estimate of drug-likeness (QED) is 0.886. The van der Waals surface area contributed by atoms with Crippen molar-refractivity contribution < 1.29 is 14.0 Å². The summed E-state index contributed by atoms with van der Waals surface area (Å²) < 4.78 is 13.1. The molecule has 2 aromatic rings. The number of benzene rings is 2. The minimum absolute atomic E-state index is 0.214. The Kier molecular flexibility index (Phi) is 4.37. The van der Waals surface area contributed by atoms with Crippen molar-refractivity contribution in [2.24, 2.45) is 0 Å². The lowest BCUT2D eigenvalue weighted by Gasteiger charge is -2.28. The summed E-state index contributed by atoms with van der Waals surface area (Å²) in [6.07, 6.45) is 0.562. The Morgan fingerprint density at radius 3 is 2.65 bits per heavy atom. The van der Waals surface area contributed by atoms with Crippen molar-refractivity contribution in [2.45, 2.75) is 19.4 Å². The Labute approximate surface area is 133 Å². The van der Waals surface area contributed by atoms with E-state index < -0.39 is 11.7 Å². The molecular formula is C18H17FN2O2. The standard InChI is InChI=1S/C18H17FN2O2/c19-15-6-3-7-16(10-15)20-17(22)11-18(23)21-9-8-13-4-1-2-5-14(13)12-21/h1-7,10H,8-9,11-12H2,(H,20,22). The first-order valence-corrected chi connectivity index (χ1v) is 7.52. The number of halogens is 1. The average molecular weight is 312 g/mol. The smallest absolute Gasteiger partial charge is 0.233 e. The van der Waals surface area contributed by atoms with Crippen LogP contribution < -0.4 is 5.32 Å². The van der Waals surface area contributed by atoms with Gasteiger partial charge in [-0.2, -0.15) is 0 Å². The molecule has 1 heterocycles. The SMILES string of the molecule is O=C(CC(=O)N1CCc2ccccc2C1)Nc1cccc(F)c1. The Morgan fingerprint density at radius 1 is 1.09 bits per heavy atom. The first kappa shape index (κ1) is 15.2. The highest BCUT2D eigenvalue weighted by Gasteiger charge is 2.22. The molecule has 0 radical (unpaired) electrons. The Balaban J connectivity index is 1.58.